The second-order valence-corrected chi connectivity index (χ2v) is 5.53. The van der Waals surface area contributed by atoms with Crippen molar-refractivity contribution < 1.29 is 9.59 Å². The minimum absolute atomic E-state index is 0.0411. The first-order valence-electron chi connectivity index (χ1n) is 7.60. The van der Waals surface area contributed by atoms with Crippen LogP contribution in [0, 0.1) is 6.92 Å². The second kappa shape index (κ2) is 6.20. The highest BCUT2D eigenvalue weighted by molar-refractivity contribution is 5.90. The zero-order valence-electron chi connectivity index (χ0n) is 13.3. The van der Waals surface area contributed by atoms with Gasteiger partial charge in [-0.05, 0) is 19.1 Å². The maximum Gasteiger partial charge on any atom is 0.293 e. The van der Waals surface area contributed by atoms with E-state index in [0.717, 1.165) is 5.69 Å². The van der Waals surface area contributed by atoms with E-state index in [1.165, 1.54) is 0 Å². The van der Waals surface area contributed by atoms with Crippen molar-refractivity contribution >= 4 is 11.8 Å². The highest BCUT2D eigenvalue weighted by Gasteiger charge is 2.26. The SMILES string of the molecule is CC(=O)N1CCN(C(=O)c2nc(C)n(-c3ccccc3)n2)CC1. The number of hydrogen-bond donors (Lipinski definition) is 0. The first-order chi connectivity index (χ1) is 11.1. The number of amides is 2. The molecule has 0 spiro atoms. The fourth-order valence-electron chi connectivity index (χ4n) is 2.66. The van der Waals surface area contributed by atoms with Gasteiger partial charge in [0, 0.05) is 33.1 Å². The largest absolute Gasteiger partial charge is 0.339 e. The lowest BCUT2D eigenvalue weighted by atomic mass is 10.3. The summed E-state index contributed by atoms with van der Waals surface area (Å²) in [6, 6.07) is 9.59. The number of carbonyl (C=O) groups is 2. The van der Waals surface area contributed by atoms with Crippen molar-refractivity contribution in [1.29, 1.82) is 0 Å². The Morgan fingerprint density at radius 3 is 2.22 bits per heavy atom. The van der Waals surface area contributed by atoms with Crippen LogP contribution in [0.1, 0.15) is 23.4 Å². The van der Waals surface area contributed by atoms with Gasteiger partial charge in [-0.2, -0.15) is 0 Å². The summed E-state index contributed by atoms with van der Waals surface area (Å²) in [6.45, 7) is 5.50. The van der Waals surface area contributed by atoms with Gasteiger partial charge in [0.15, 0.2) is 0 Å². The van der Waals surface area contributed by atoms with Gasteiger partial charge < -0.3 is 9.80 Å². The summed E-state index contributed by atoms with van der Waals surface area (Å²) in [4.78, 5) is 31.6. The quantitative estimate of drug-likeness (QED) is 0.825. The van der Waals surface area contributed by atoms with E-state index in [2.05, 4.69) is 10.1 Å². The molecule has 2 amide bonds. The first kappa shape index (κ1) is 15.2. The van der Waals surface area contributed by atoms with Crippen LogP contribution < -0.4 is 0 Å². The van der Waals surface area contributed by atoms with Crippen LogP contribution in [0.3, 0.4) is 0 Å². The minimum Gasteiger partial charge on any atom is -0.339 e. The molecule has 7 heteroatoms. The van der Waals surface area contributed by atoms with Gasteiger partial charge in [0.1, 0.15) is 5.82 Å². The van der Waals surface area contributed by atoms with E-state index in [-0.39, 0.29) is 17.6 Å². The molecule has 1 aliphatic rings. The van der Waals surface area contributed by atoms with Gasteiger partial charge in [0.05, 0.1) is 5.69 Å². The molecule has 1 fully saturated rings. The Balaban J connectivity index is 1.75. The third-order valence-corrected chi connectivity index (χ3v) is 3.97. The summed E-state index contributed by atoms with van der Waals surface area (Å²) < 4.78 is 1.67. The van der Waals surface area contributed by atoms with E-state index < -0.39 is 0 Å². The van der Waals surface area contributed by atoms with E-state index in [1.807, 2.05) is 37.3 Å². The van der Waals surface area contributed by atoms with Gasteiger partial charge in [-0.3, -0.25) is 9.59 Å². The molecule has 1 aromatic carbocycles. The number of nitrogens with zero attached hydrogens (tertiary/aromatic N) is 5. The van der Waals surface area contributed by atoms with Crippen LogP contribution >= 0.6 is 0 Å². The average molecular weight is 313 g/mol. The summed E-state index contributed by atoms with van der Waals surface area (Å²) in [5, 5.41) is 4.34. The van der Waals surface area contributed by atoms with Crippen LogP contribution in [0.15, 0.2) is 30.3 Å². The predicted octanol–water partition coefficient (Wildman–Crippen LogP) is 0.880. The van der Waals surface area contributed by atoms with E-state index in [4.69, 9.17) is 0 Å². The van der Waals surface area contributed by atoms with E-state index in [9.17, 15) is 9.59 Å². The Hall–Kier alpha value is -2.70. The Kier molecular flexibility index (Phi) is 4.10. The molecule has 2 heterocycles. The fraction of sp³-hybridized carbons (Fsp3) is 0.375. The molecule has 0 bridgehead atoms. The molecule has 0 saturated carbocycles. The number of aromatic nitrogens is 3. The van der Waals surface area contributed by atoms with Crippen LogP contribution in [0.2, 0.25) is 0 Å². The maximum absolute atomic E-state index is 12.6. The van der Waals surface area contributed by atoms with Crippen molar-refractivity contribution in [3.8, 4) is 5.69 Å². The highest BCUT2D eigenvalue weighted by atomic mass is 16.2. The number of rotatable bonds is 2. The molecule has 0 unspecified atom stereocenters. The van der Waals surface area contributed by atoms with Gasteiger partial charge in [-0.1, -0.05) is 18.2 Å². The van der Waals surface area contributed by atoms with E-state index >= 15 is 0 Å². The van der Waals surface area contributed by atoms with Gasteiger partial charge in [0.2, 0.25) is 11.7 Å². The zero-order chi connectivity index (χ0) is 16.4. The van der Waals surface area contributed by atoms with Crippen LogP contribution in [-0.4, -0.2) is 62.6 Å². The number of carbonyl (C=O) groups excluding carboxylic acids is 2. The molecule has 0 radical (unpaired) electrons. The van der Waals surface area contributed by atoms with Crippen molar-refractivity contribution in [2.45, 2.75) is 13.8 Å². The standard InChI is InChI=1S/C16H19N5O2/c1-12-17-15(18-21(12)14-6-4-3-5-7-14)16(23)20-10-8-19(9-11-20)13(2)22/h3-7H,8-11H2,1-2H3. The monoisotopic (exact) mass is 313 g/mol. The van der Waals surface area contributed by atoms with Crippen LogP contribution in [0.4, 0.5) is 0 Å². The van der Waals surface area contributed by atoms with Crippen molar-refractivity contribution in [2.24, 2.45) is 0 Å². The van der Waals surface area contributed by atoms with Crippen LogP contribution in [0.5, 0.6) is 0 Å². The van der Waals surface area contributed by atoms with Gasteiger partial charge >= 0.3 is 0 Å². The van der Waals surface area contributed by atoms with Gasteiger partial charge in [-0.15, -0.1) is 5.10 Å². The summed E-state index contributed by atoms with van der Waals surface area (Å²) >= 11 is 0. The molecule has 0 N–H and O–H groups in total. The molecule has 1 saturated heterocycles. The zero-order valence-corrected chi connectivity index (χ0v) is 13.3. The molecule has 0 aliphatic carbocycles. The molecular weight excluding hydrogens is 294 g/mol. The van der Waals surface area contributed by atoms with Crippen molar-refractivity contribution in [3.05, 3.63) is 42.0 Å². The number of hydrogen-bond acceptors (Lipinski definition) is 4. The van der Waals surface area contributed by atoms with Crippen molar-refractivity contribution in [2.75, 3.05) is 26.2 Å². The smallest absolute Gasteiger partial charge is 0.293 e. The summed E-state index contributed by atoms with van der Waals surface area (Å²) in [5.74, 6) is 0.718. The van der Waals surface area contributed by atoms with Crippen molar-refractivity contribution in [1.82, 2.24) is 24.6 Å². The lowest BCUT2D eigenvalue weighted by Crippen LogP contribution is -2.50. The number of aryl methyl sites for hydroxylation is 1. The fourth-order valence-corrected chi connectivity index (χ4v) is 2.66. The number of benzene rings is 1. The third kappa shape index (κ3) is 3.08. The molecule has 1 aliphatic heterocycles. The normalized spacial score (nSPS) is 14.9. The van der Waals surface area contributed by atoms with Crippen LogP contribution in [-0.2, 0) is 4.79 Å². The number of para-hydroxylation sites is 1. The molecule has 23 heavy (non-hydrogen) atoms. The lowest BCUT2D eigenvalue weighted by Gasteiger charge is -2.33. The van der Waals surface area contributed by atoms with E-state index in [1.54, 1.807) is 21.4 Å². The molecule has 1 aromatic heterocycles. The summed E-state index contributed by atoms with van der Waals surface area (Å²) in [6.07, 6.45) is 0. The topological polar surface area (TPSA) is 71.3 Å². The first-order valence-corrected chi connectivity index (χ1v) is 7.60. The molecule has 120 valence electrons. The van der Waals surface area contributed by atoms with Crippen LogP contribution in [0.25, 0.3) is 5.69 Å². The van der Waals surface area contributed by atoms with E-state index in [0.29, 0.717) is 32.0 Å². The Bertz CT molecular complexity index is 717. The Labute approximate surface area is 134 Å². The molecule has 3 rings (SSSR count). The maximum atomic E-state index is 12.6. The van der Waals surface area contributed by atoms with Gasteiger partial charge in [-0.25, -0.2) is 9.67 Å². The Morgan fingerprint density at radius 2 is 1.61 bits per heavy atom. The second-order valence-electron chi connectivity index (χ2n) is 5.53. The molecule has 0 atom stereocenters. The molecule has 2 aromatic rings. The average Bonchev–Trinajstić information content (AvgIpc) is 2.97. The summed E-state index contributed by atoms with van der Waals surface area (Å²) in [5.41, 5.74) is 0.873. The molecular formula is C16H19N5O2. The number of piperazine rings is 1. The van der Waals surface area contributed by atoms with Gasteiger partial charge in [0.25, 0.3) is 5.91 Å². The lowest BCUT2D eigenvalue weighted by molar-refractivity contribution is -0.130. The minimum atomic E-state index is -0.189. The third-order valence-electron chi connectivity index (χ3n) is 3.97. The molecule has 7 nitrogen and oxygen atoms in total. The highest BCUT2D eigenvalue weighted by Crippen LogP contribution is 2.11. The predicted molar refractivity (Wildman–Crippen MR) is 84.3 cm³/mol. The summed E-state index contributed by atoms with van der Waals surface area (Å²) in [7, 11) is 0. The van der Waals surface area contributed by atoms with Crippen molar-refractivity contribution in [3.63, 3.8) is 0 Å². The Morgan fingerprint density at radius 1 is 1.00 bits per heavy atom.